The van der Waals surface area contributed by atoms with Crippen LogP contribution in [0.5, 0.6) is 0 Å². The van der Waals surface area contributed by atoms with E-state index in [9.17, 15) is 0 Å². The van der Waals surface area contributed by atoms with Crippen LogP contribution in [0.25, 0.3) is 106 Å². The molecule has 0 aliphatic heterocycles. The maximum absolute atomic E-state index is 2.69. The summed E-state index contributed by atoms with van der Waals surface area (Å²) in [5.74, 6) is 0. The van der Waals surface area contributed by atoms with Crippen LogP contribution in [-0.4, -0.2) is 6.04 Å². The van der Waals surface area contributed by atoms with Crippen molar-refractivity contribution in [2.45, 2.75) is 102 Å². The summed E-state index contributed by atoms with van der Waals surface area (Å²) < 4.78 is 0. The molecule has 13 aromatic carbocycles. The normalized spacial score (nSPS) is 16.8. The lowest BCUT2D eigenvalue weighted by atomic mass is 9.80. The van der Waals surface area contributed by atoms with Gasteiger partial charge in [-0.3, -0.25) is 0 Å². The van der Waals surface area contributed by atoms with E-state index in [2.05, 4.69) is 362 Å². The Bertz CT molecular complexity index is 5720. The van der Waals surface area contributed by atoms with Crippen molar-refractivity contribution in [2.24, 2.45) is 0 Å². The van der Waals surface area contributed by atoms with E-state index in [4.69, 9.17) is 0 Å². The summed E-state index contributed by atoms with van der Waals surface area (Å²) in [7, 11) is 0. The van der Waals surface area contributed by atoms with Crippen molar-refractivity contribution in [3.05, 3.63) is 346 Å². The maximum Gasteiger partial charge on any atom is 0.0566 e. The van der Waals surface area contributed by atoms with Gasteiger partial charge in [0.25, 0.3) is 0 Å². The molecule has 2 nitrogen and oxygen atoms in total. The summed E-state index contributed by atoms with van der Waals surface area (Å²) in [4.78, 5) is 5.28. The highest BCUT2D eigenvalue weighted by molar-refractivity contribution is 6.09. The molecule has 0 saturated carbocycles. The molecule has 100 heavy (non-hydrogen) atoms. The van der Waals surface area contributed by atoms with Gasteiger partial charge in [-0.1, -0.05) is 280 Å². The second-order valence-corrected chi connectivity index (χ2v) is 31.0. The van der Waals surface area contributed by atoms with Crippen molar-refractivity contribution in [3.8, 4) is 77.9 Å². The first-order valence-electron chi connectivity index (χ1n) is 36.1. The van der Waals surface area contributed by atoms with E-state index >= 15 is 0 Å². The van der Waals surface area contributed by atoms with Gasteiger partial charge < -0.3 is 9.80 Å². The largest absolute Gasteiger partial charge is 0.334 e. The third-order valence-corrected chi connectivity index (χ3v) is 24.0. The number of rotatable bonds is 10. The number of nitrogens with zero attached hydrogens (tertiary/aromatic N) is 2. The van der Waals surface area contributed by atoms with Crippen LogP contribution in [0.3, 0.4) is 0 Å². The van der Waals surface area contributed by atoms with Gasteiger partial charge in [-0.05, 0) is 247 Å². The quantitative estimate of drug-likeness (QED) is 0.135. The zero-order chi connectivity index (χ0) is 67.6. The molecule has 19 rings (SSSR count). The zero-order valence-electron chi connectivity index (χ0n) is 58.4. The summed E-state index contributed by atoms with van der Waals surface area (Å²) in [6.07, 6.45) is 13.0. The molecule has 0 amide bonds. The van der Waals surface area contributed by atoms with Gasteiger partial charge in [0.05, 0.1) is 6.04 Å². The molecule has 0 bridgehead atoms. The molecule has 6 aliphatic rings. The number of anilines is 5. The molecule has 0 radical (unpaired) electrons. The second kappa shape index (κ2) is 22.2. The molecule has 482 valence electrons. The summed E-state index contributed by atoms with van der Waals surface area (Å²) in [5, 5.41) is 4.93. The molecule has 6 aliphatic carbocycles. The minimum Gasteiger partial charge on any atom is -0.334 e. The molecule has 1 unspecified atom stereocenters. The Morgan fingerprint density at radius 1 is 0.310 bits per heavy atom. The van der Waals surface area contributed by atoms with E-state index in [0.29, 0.717) is 0 Å². The number of allylic oxidation sites excluding steroid dienone is 4. The average Bonchev–Trinajstić information content (AvgIpc) is 1.03. The predicted octanol–water partition coefficient (Wildman–Crippen LogP) is 24.5. The summed E-state index contributed by atoms with van der Waals surface area (Å²) >= 11 is 0. The Morgan fingerprint density at radius 2 is 0.710 bits per heavy atom. The predicted molar refractivity (Wildman–Crippen MR) is 423 cm³/mol. The van der Waals surface area contributed by atoms with Crippen LogP contribution < -0.4 is 20.2 Å². The number of benzene rings is 13. The van der Waals surface area contributed by atoms with Crippen LogP contribution in [0, 0.1) is 0 Å². The van der Waals surface area contributed by atoms with Gasteiger partial charge in [0.2, 0.25) is 0 Å². The van der Waals surface area contributed by atoms with E-state index in [1.54, 1.807) is 0 Å². The van der Waals surface area contributed by atoms with Crippen LogP contribution >= 0.6 is 0 Å². The van der Waals surface area contributed by atoms with E-state index in [-0.39, 0.29) is 27.7 Å². The Labute approximate surface area is 588 Å². The van der Waals surface area contributed by atoms with Crippen molar-refractivity contribution in [2.75, 3.05) is 9.80 Å². The van der Waals surface area contributed by atoms with Gasteiger partial charge in [-0.2, -0.15) is 0 Å². The third kappa shape index (κ3) is 9.01. The lowest BCUT2D eigenvalue weighted by Gasteiger charge is -2.35. The minimum atomic E-state index is -0.197. The highest BCUT2D eigenvalue weighted by Gasteiger charge is 2.42. The smallest absolute Gasteiger partial charge is 0.0566 e. The van der Waals surface area contributed by atoms with Crippen LogP contribution in [0.2, 0.25) is 0 Å². The standard InChI is InChI=1S/C98H80N2/c1-95(2)85-37-19-15-33-73(85)77-47-41-69(57-89(77)95)99(70-42-48-78-74-34-16-20-38-86(74)96(3,4)90(78)58-70)67-45-51-81-83(55-67)93(65-31-23-29-63(53-65)61-25-11-9-12-26-61)82-52-46-68(56-84(82)94(81)66-32-24-30-64(54-66)62-27-13-10-14-28-62)100(71-43-49-79-75-35-17-21-39-87(75)97(5,6)91(79)59-71)72-44-50-80-76-36-18-22-40-88(76)98(7,8)92(80)60-72/h9-17,19-35,37-44,46-60,67H,18,36,45H2,1-8H3. The highest BCUT2D eigenvalue weighted by atomic mass is 15.2. The molecule has 0 N–H and O–H groups in total. The van der Waals surface area contributed by atoms with Gasteiger partial charge in [0.15, 0.2) is 0 Å². The fourth-order valence-corrected chi connectivity index (χ4v) is 18.9. The lowest BCUT2D eigenvalue weighted by Crippen LogP contribution is -2.40. The molecule has 2 heteroatoms. The average molecular weight is 1290 g/mol. The summed E-state index contributed by atoms with van der Waals surface area (Å²) in [5.41, 5.74) is 36.7. The van der Waals surface area contributed by atoms with Gasteiger partial charge in [0, 0.05) is 50.1 Å². The maximum atomic E-state index is 2.69. The van der Waals surface area contributed by atoms with E-state index in [1.807, 2.05) is 0 Å². The molecule has 13 aromatic rings. The van der Waals surface area contributed by atoms with Crippen LogP contribution in [0.15, 0.2) is 291 Å². The Kier molecular flexibility index (Phi) is 13.4. The van der Waals surface area contributed by atoms with Crippen LogP contribution in [-0.2, 0) is 21.7 Å². The van der Waals surface area contributed by atoms with E-state index in [1.165, 1.54) is 166 Å². The number of fused-ring (bicyclic) bond motifs is 13. The van der Waals surface area contributed by atoms with Gasteiger partial charge in [-0.25, -0.2) is 0 Å². The van der Waals surface area contributed by atoms with Crippen molar-refractivity contribution in [1.29, 1.82) is 0 Å². The second-order valence-electron chi connectivity index (χ2n) is 31.0. The highest BCUT2D eigenvalue weighted by Crippen LogP contribution is 2.57. The monoisotopic (exact) mass is 1280 g/mol. The van der Waals surface area contributed by atoms with E-state index < -0.39 is 0 Å². The van der Waals surface area contributed by atoms with Crippen LogP contribution in [0.4, 0.5) is 28.4 Å². The van der Waals surface area contributed by atoms with Gasteiger partial charge in [0.1, 0.15) is 0 Å². The van der Waals surface area contributed by atoms with E-state index in [0.717, 1.165) is 36.3 Å². The molecular formula is C98H80N2. The van der Waals surface area contributed by atoms with Crippen molar-refractivity contribution in [1.82, 2.24) is 0 Å². The first kappa shape index (κ1) is 60.1. The van der Waals surface area contributed by atoms with Gasteiger partial charge in [-0.15, -0.1) is 0 Å². The Hall–Kier alpha value is -11.1. The molecule has 0 spiro atoms. The van der Waals surface area contributed by atoms with Gasteiger partial charge >= 0.3 is 0 Å². The minimum absolute atomic E-state index is 0.0796. The molecule has 0 heterocycles. The van der Waals surface area contributed by atoms with Crippen molar-refractivity contribution in [3.63, 3.8) is 0 Å². The SMILES string of the molecule is CC1(C)C2=C(CCC=C2)c2ccc(N(c3ccc4c(c3)C(C)(C)c3ccccc3-4)c3ccc4c(-c5cccc(-c6ccccc6)c5)c5c(c(-c6cccc(-c7ccccc7)c6)c4c3)=CCC(N(c3ccc4c(c3)C(C)(C)c3ccccc3-4)c3ccc4c(c3)C(C)(C)c3ccccc3-4)C=5)cc21. The Morgan fingerprint density at radius 3 is 1.23 bits per heavy atom. The first-order chi connectivity index (χ1) is 48.6. The molecule has 0 fully saturated rings. The fraction of sp³-hybridized carbons (Fsp3) is 0.163. The lowest BCUT2D eigenvalue weighted by molar-refractivity contribution is 0.651. The topological polar surface area (TPSA) is 6.48 Å². The Balaban J connectivity index is 0.886. The first-order valence-corrected chi connectivity index (χ1v) is 36.1. The number of hydrogen-bond acceptors (Lipinski definition) is 2. The fourth-order valence-electron chi connectivity index (χ4n) is 18.9. The zero-order valence-corrected chi connectivity index (χ0v) is 58.4. The van der Waals surface area contributed by atoms with Crippen LogP contribution in [0.1, 0.15) is 119 Å². The summed E-state index contributed by atoms with van der Waals surface area (Å²) in [6.45, 7) is 19.3. The molecule has 1 atom stereocenters. The molecular weight excluding hydrogens is 1210 g/mol. The van der Waals surface area contributed by atoms with Crippen molar-refractivity contribution >= 4 is 56.9 Å². The van der Waals surface area contributed by atoms with Crippen molar-refractivity contribution < 1.29 is 0 Å². The third-order valence-electron chi connectivity index (χ3n) is 24.0. The summed E-state index contributed by atoms with van der Waals surface area (Å²) in [6, 6.07) is 105. The number of hydrogen-bond donors (Lipinski definition) is 0. The molecule has 0 aromatic heterocycles. The molecule has 0 saturated heterocycles.